The van der Waals surface area contributed by atoms with Gasteiger partial charge in [-0.05, 0) is 14.0 Å². The number of carbonyl (C=O) groups is 1. The van der Waals surface area contributed by atoms with Crippen LogP contribution in [0.2, 0.25) is 0 Å². The summed E-state index contributed by atoms with van der Waals surface area (Å²) >= 11 is 0. The number of nitrogens with one attached hydrogen (secondary N) is 3. The van der Waals surface area contributed by atoms with E-state index in [2.05, 4.69) is 31.3 Å². The van der Waals surface area contributed by atoms with E-state index in [4.69, 9.17) is 0 Å². The molecule has 0 fully saturated rings. The van der Waals surface area contributed by atoms with E-state index in [0.29, 0.717) is 18.8 Å². The molecular weight excluding hydrogens is 184 g/mol. The van der Waals surface area contributed by atoms with Crippen molar-refractivity contribution in [1.82, 2.24) is 31.3 Å². The van der Waals surface area contributed by atoms with Crippen molar-refractivity contribution in [2.75, 3.05) is 13.6 Å². The van der Waals surface area contributed by atoms with E-state index in [9.17, 15) is 4.79 Å². The predicted molar refractivity (Wildman–Crippen MR) is 49.3 cm³/mol. The van der Waals surface area contributed by atoms with E-state index in [-0.39, 0.29) is 11.9 Å². The molecule has 1 heterocycles. The summed E-state index contributed by atoms with van der Waals surface area (Å²) in [6, 6.07) is -0.210. The summed E-state index contributed by atoms with van der Waals surface area (Å²) in [4.78, 5) is 11.3. The molecule has 0 aliphatic carbocycles. The van der Waals surface area contributed by atoms with Crippen molar-refractivity contribution in [3.05, 3.63) is 5.82 Å². The molecule has 0 spiro atoms. The second-order valence-corrected chi connectivity index (χ2v) is 2.91. The minimum atomic E-state index is -0.210. The molecule has 1 rings (SSSR count). The SMILES string of the molecule is CNCCC(=O)NC(C)c1nn[nH]n1. The van der Waals surface area contributed by atoms with Crippen LogP contribution in [-0.4, -0.2) is 40.1 Å². The Morgan fingerprint density at radius 2 is 2.43 bits per heavy atom. The number of aromatic nitrogens is 4. The quantitative estimate of drug-likeness (QED) is 0.563. The van der Waals surface area contributed by atoms with Crippen molar-refractivity contribution in [3.63, 3.8) is 0 Å². The maximum Gasteiger partial charge on any atom is 0.221 e. The van der Waals surface area contributed by atoms with Crippen LogP contribution in [0.4, 0.5) is 0 Å². The zero-order valence-electron chi connectivity index (χ0n) is 8.24. The Hall–Kier alpha value is -1.50. The Morgan fingerprint density at radius 1 is 1.64 bits per heavy atom. The van der Waals surface area contributed by atoms with E-state index in [1.165, 1.54) is 0 Å². The van der Waals surface area contributed by atoms with Gasteiger partial charge in [-0.25, -0.2) is 0 Å². The lowest BCUT2D eigenvalue weighted by Gasteiger charge is -2.09. The lowest BCUT2D eigenvalue weighted by atomic mass is 10.3. The third kappa shape index (κ3) is 3.09. The highest BCUT2D eigenvalue weighted by molar-refractivity contribution is 5.76. The van der Waals surface area contributed by atoms with Crippen LogP contribution in [0.15, 0.2) is 0 Å². The molecule has 1 amide bonds. The maximum atomic E-state index is 11.3. The van der Waals surface area contributed by atoms with Gasteiger partial charge in [0.05, 0.1) is 6.04 Å². The number of tetrazole rings is 1. The average Bonchev–Trinajstić information content (AvgIpc) is 2.67. The second kappa shape index (κ2) is 5.28. The minimum Gasteiger partial charge on any atom is -0.346 e. The molecule has 1 aromatic rings. The highest BCUT2D eigenvalue weighted by Crippen LogP contribution is 2.02. The summed E-state index contributed by atoms with van der Waals surface area (Å²) in [5.41, 5.74) is 0. The molecule has 0 saturated carbocycles. The van der Waals surface area contributed by atoms with Crippen LogP contribution in [0.1, 0.15) is 25.2 Å². The molecule has 0 saturated heterocycles. The van der Waals surface area contributed by atoms with E-state index in [1.807, 2.05) is 6.92 Å². The van der Waals surface area contributed by atoms with Gasteiger partial charge in [0.1, 0.15) is 0 Å². The maximum absolute atomic E-state index is 11.3. The largest absolute Gasteiger partial charge is 0.346 e. The first-order valence-electron chi connectivity index (χ1n) is 4.41. The fourth-order valence-electron chi connectivity index (χ4n) is 0.970. The molecule has 0 aliphatic heterocycles. The Balaban J connectivity index is 2.33. The summed E-state index contributed by atoms with van der Waals surface area (Å²) in [6.07, 6.45) is 0.443. The Bertz CT molecular complexity index is 272. The highest BCUT2D eigenvalue weighted by Gasteiger charge is 2.12. The first kappa shape index (κ1) is 10.6. The summed E-state index contributed by atoms with van der Waals surface area (Å²) in [5, 5.41) is 18.9. The third-order valence-electron chi connectivity index (χ3n) is 1.73. The fourth-order valence-corrected chi connectivity index (χ4v) is 0.970. The number of carbonyl (C=O) groups excluding carboxylic acids is 1. The van der Waals surface area contributed by atoms with Gasteiger partial charge in [-0.15, -0.1) is 10.2 Å². The molecule has 0 radical (unpaired) electrons. The Morgan fingerprint density at radius 3 is 3.00 bits per heavy atom. The zero-order valence-corrected chi connectivity index (χ0v) is 8.24. The molecular formula is C7H14N6O. The van der Waals surface area contributed by atoms with Gasteiger partial charge in [0, 0.05) is 13.0 Å². The number of rotatable bonds is 5. The monoisotopic (exact) mass is 198 g/mol. The van der Waals surface area contributed by atoms with Crippen molar-refractivity contribution in [2.45, 2.75) is 19.4 Å². The number of nitrogens with zero attached hydrogens (tertiary/aromatic N) is 3. The van der Waals surface area contributed by atoms with Crippen LogP contribution >= 0.6 is 0 Å². The molecule has 7 nitrogen and oxygen atoms in total. The van der Waals surface area contributed by atoms with Crippen LogP contribution in [0.3, 0.4) is 0 Å². The van der Waals surface area contributed by atoms with Crippen LogP contribution in [0.5, 0.6) is 0 Å². The summed E-state index contributed by atoms with van der Waals surface area (Å²) in [7, 11) is 1.80. The van der Waals surface area contributed by atoms with Gasteiger partial charge >= 0.3 is 0 Å². The molecule has 0 bridgehead atoms. The van der Waals surface area contributed by atoms with Gasteiger partial charge in [0.15, 0.2) is 5.82 Å². The lowest BCUT2D eigenvalue weighted by molar-refractivity contribution is -0.121. The summed E-state index contributed by atoms with van der Waals surface area (Å²) < 4.78 is 0. The van der Waals surface area contributed by atoms with Gasteiger partial charge in [-0.1, -0.05) is 5.21 Å². The Labute approximate surface area is 81.7 Å². The van der Waals surface area contributed by atoms with Gasteiger partial charge in [-0.3, -0.25) is 4.79 Å². The third-order valence-corrected chi connectivity index (χ3v) is 1.73. The van der Waals surface area contributed by atoms with Crippen molar-refractivity contribution in [2.24, 2.45) is 0 Å². The zero-order chi connectivity index (χ0) is 10.4. The van der Waals surface area contributed by atoms with Crippen LogP contribution in [-0.2, 0) is 4.79 Å². The fraction of sp³-hybridized carbons (Fsp3) is 0.714. The molecule has 3 N–H and O–H groups in total. The first-order valence-corrected chi connectivity index (χ1v) is 4.41. The standard InChI is InChI=1S/C7H14N6O/c1-5(7-10-12-13-11-7)9-6(14)3-4-8-2/h5,8H,3-4H2,1-2H3,(H,9,14)(H,10,11,12,13). The number of H-pyrrole nitrogens is 1. The molecule has 7 heteroatoms. The molecule has 1 atom stereocenters. The predicted octanol–water partition coefficient (Wildman–Crippen LogP) is -1.01. The van der Waals surface area contributed by atoms with Gasteiger partial charge in [-0.2, -0.15) is 5.21 Å². The summed E-state index contributed by atoms with van der Waals surface area (Å²) in [5.74, 6) is 0.458. The van der Waals surface area contributed by atoms with Gasteiger partial charge in [0.2, 0.25) is 5.91 Å². The molecule has 1 unspecified atom stereocenters. The molecule has 78 valence electrons. The normalized spacial score (nSPS) is 12.4. The topological polar surface area (TPSA) is 95.6 Å². The average molecular weight is 198 g/mol. The van der Waals surface area contributed by atoms with E-state index in [0.717, 1.165) is 0 Å². The molecule has 0 aliphatic rings. The minimum absolute atomic E-state index is 0.0309. The van der Waals surface area contributed by atoms with Crippen LogP contribution in [0, 0.1) is 0 Å². The van der Waals surface area contributed by atoms with Crippen molar-refractivity contribution in [3.8, 4) is 0 Å². The lowest BCUT2D eigenvalue weighted by Crippen LogP contribution is -2.29. The van der Waals surface area contributed by atoms with Crippen molar-refractivity contribution < 1.29 is 4.79 Å². The van der Waals surface area contributed by atoms with Crippen molar-refractivity contribution >= 4 is 5.91 Å². The number of amides is 1. The van der Waals surface area contributed by atoms with Crippen molar-refractivity contribution in [1.29, 1.82) is 0 Å². The molecule has 14 heavy (non-hydrogen) atoms. The first-order chi connectivity index (χ1) is 6.74. The second-order valence-electron chi connectivity index (χ2n) is 2.91. The number of hydrogen-bond donors (Lipinski definition) is 3. The highest BCUT2D eigenvalue weighted by atomic mass is 16.1. The molecule has 0 aromatic carbocycles. The Kier molecular flexibility index (Phi) is 3.99. The van der Waals surface area contributed by atoms with E-state index >= 15 is 0 Å². The van der Waals surface area contributed by atoms with Gasteiger partial charge in [0.25, 0.3) is 0 Å². The number of aromatic amines is 1. The molecule has 1 aromatic heterocycles. The van der Waals surface area contributed by atoms with E-state index < -0.39 is 0 Å². The smallest absolute Gasteiger partial charge is 0.221 e. The van der Waals surface area contributed by atoms with Crippen LogP contribution in [0.25, 0.3) is 0 Å². The van der Waals surface area contributed by atoms with Gasteiger partial charge < -0.3 is 10.6 Å². The summed E-state index contributed by atoms with van der Waals surface area (Å²) in [6.45, 7) is 2.47. The van der Waals surface area contributed by atoms with Crippen LogP contribution < -0.4 is 10.6 Å². The number of hydrogen-bond acceptors (Lipinski definition) is 5. The van der Waals surface area contributed by atoms with E-state index in [1.54, 1.807) is 7.05 Å².